The van der Waals surface area contributed by atoms with E-state index >= 15 is 0 Å². The van der Waals surface area contributed by atoms with Crippen molar-refractivity contribution in [2.75, 3.05) is 13.2 Å². The number of rotatable bonds is 4. The Hall–Kier alpha value is -0.600. The second kappa shape index (κ2) is 6.03. The molecule has 1 aliphatic heterocycles. The SMILES string of the molecule is CC=C1C(CCC2(C)OCCO2)=C(C)CCC1(C)CC. The van der Waals surface area contributed by atoms with Gasteiger partial charge in [0.05, 0.1) is 13.2 Å². The van der Waals surface area contributed by atoms with Crippen molar-refractivity contribution < 1.29 is 9.47 Å². The van der Waals surface area contributed by atoms with Gasteiger partial charge in [0.15, 0.2) is 5.79 Å². The highest BCUT2D eigenvalue weighted by atomic mass is 16.7. The number of hydrogen-bond acceptors (Lipinski definition) is 2. The van der Waals surface area contributed by atoms with Crippen molar-refractivity contribution in [2.45, 2.75) is 72.5 Å². The van der Waals surface area contributed by atoms with Gasteiger partial charge >= 0.3 is 0 Å². The van der Waals surface area contributed by atoms with Gasteiger partial charge in [-0.05, 0) is 63.0 Å². The first-order valence-corrected chi connectivity index (χ1v) is 8.08. The summed E-state index contributed by atoms with van der Waals surface area (Å²) in [4.78, 5) is 0. The van der Waals surface area contributed by atoms with Crippen LogP contribution < -0.4 is 0 Å². The number of ether oxygens (including phenoxy) is 2. The van der Waals surface area contributed by atoms with Crippen LogP contribution >= 0.6 is 0 Å². The molecule has 0 aromatic heterocycles. The topological polar surface area (TPSA) is 18.5 Å². The average molecular weight is 278 g/mol. The molecular weight excluding hydrogens is 248 g/mol. The third-order valence-electron chi connectivity index (χ3n) is 5.34. The van der Waals surface area contributed by atoms with Gasteiger partial charge in [0.1, 0.15) is 0 Å². The van der Waals surface area contributed by atoms with Crippen LogP contribution in [-0.2, 0) is 9.47 Å². The van der Waals surface area contributed by atoms with E-state index in [9.17, 15) is 0 Å². The van der Waals surface area contributed by atoms with E-state index in [0.29, 0.717) is 5.41 Å². The van der Waals surface area contributed by atoms with Crippen LogP contribution in [0.2, 0.25) is 0 Å². The van der Waals surface area contributed by atoms with Gasteiger partial charge < -0.3 is 9.47 Å². The number of hydrogen-bond donors (Lipinski definition) is 0. The van der Waals surface area contributed by atoms with Crippen LogP contribution in [0.15, 0.2) is 22.8 Å². The summed E-state index contributed by atoms with van der Waals surface area (Å²) in [6.45, 7) is 12.8. The quantitative estimate of drug-likeness (QED) is 0.720. The van der Waals surface area contributed by atoms with Crippen LogP contribution in [0.25, 0.3) is 0 Å². The summed E-state index contributed by atoms with van der Waals surface area (Å²) in [5, 5.41) is 0. The lowest BCUT2D eigenvalue weighted by Crippen LogP contribution is -2.28. The van der Waals surface area contributed by atoms with Crippen LogP contribution in [0.4, 0.5) is 0 Å². The zero-order valence-electron chi connectivity index (χ0n) is 13.8. The smallest absolute Gasteiger partial charge is 0.166 e. The van der Waals surface area contributed by atoms with E-state index in [-0.39, 0.29) is 5.79 Å². The monoisotopic (exact) mass is 278 g/mol. The number of allylic oxidation sites excluding steroid dienone is 4. The zero-order valence-corrected chi connectivity index (χ0v) is 13.8. The van der Waals surface area contributed by atoms with E-state index in [2.05, 4.69) is 40.7 Å². The summed E-state index contributed by atoms with van der Waals surface area (Å²) in [6, 6.07) is 0. The lowest BCUT2D eigenvalue weighted by Gasteiger charge is -2.39. The lowest BCUT2D eigenvalue weighted by molar-refractivity contribution is -0.146. The fourth-order valence-electron chi connectivity index (χ4n) is 3.63. The molecular formula is C18H30O2. The maximum absolute atomic E-state index is 5.75. The predicted molar refractivity (Wildman–Crippen MR) is 83.6 cm³/mol. The van der Waals surface area contributed by atoms with Crippen molar-refractivity contribution in [3.63, 3.8) is 0 Å². The predicted octanol–water partition coefficient (Wildman–Crippen LogP) is 5.00. The molecule has 1 unspecified atom stereocenters. The average Bonchev–Trinajstić information content (AvgIpc) is 2.87. The molecule has 1 saturated heterocycles. The molecule has 0 N–H and O–H groups in total. The molecule has 2 rings (SSSR count). The minimum absolute atomic E-state index is 0.349. The van der Waals surface area contributed by atoms with Gasteiger partial charge in [0.25, 0.3) is 0 Å². The van der Waals surface area contributed by atoms with Crippen LogP contribution in [-0.4, -0.2) is 19.0 Å². The van der Waals surface area contributed by atoms with Gasteiger partial charge in [-0.25, -0.2) is 0 Å². The van der Waals surface area contributed by atoms with Gasteiger partial charge in [-0.1, -0.05) is 25.5 Å². The van der Waals surface area contributed by atoms with Gasteiger partial charge in [0.2, 0.25) is 0 Å². The molecule has 0 spiro atoms. The largest absolute Gasteiger partial charge is 0.348 e. The molecule has 1 heterocycles. The summed E-state index contributed by atoms with van der Waals surface area (Å²) in [5.41, 5.74) is 5.03. The van der Waals surface area contributed by atoms with Crippen LogP contribution in [0, 0.1) is 5.41 Å². The first kappa shape index (κ1) is 15.8. The van der Waals surface area contributed by atoms with E-state index in [0.717, 1.165) is 26.1 Å². The van der Waals surface area contributed by atoms with Crippen LogP contribution in [0.5, 0.6) is 0 Å². The van der Waals surface area contributed by atoms with E-state index in [1.807, 2.05) is 0 Å². The Morgan fingerprint density at radius 3 is 2.40 bits per heavy atom. The molecule has 1 fully saturated rings. The van der Waals surface area contributed by atoms with Crippen LogP contribution in [0.3, 0.4) is 0 Å². The second-order valence-electron chi connectivity index (χ2n) is 6.71. The molecule has 0 amide bonds. The van der Waals surface area contributed by atoms with E-state index in [1.54, 1.807) is 16.7 Å². The maximum atomic E-state index is 5.75. The molecule has 2 nitrogen and oxygen atoms in total. The molecule has 1 atom stereocenters. The van der Waals surface area contributed by atoms with Crippen molar-refractivity contribution >= 4 is 0 Å². The fourth-order valence-corrected chi connectivity index (χ4v) is 3.63. The van der Waals surface area contributed by atoms with Crippen molar-refractivity contribution in [3.05, 3.63) is 22.8 Å². The normalized spacial score (nSPS) is 32.1. The van der Waals surface area contributed by atoms with E-state index in [1.165, 1.54) is 19.3 Å². The molecule has 1 aliphatic carbocycles. The summed E-state index contributed by atoms with van der Waals surface area (Å²) >= 11 is 0. The Balaban J connectivity index is 2.15. The van der Waals surface area contributed by atoms with Gasteiger partial charge in [-0.15, -0.1) is 0 Å². The van der Waals surface area contributed by atoms with Crippen molar-refractivity contribution in [1.29, 1.82) is 0 Å². The molecule has 2 heteroatoms. The Morgan fingerprint density at radius 2 is 1.85 bits per heavy atom. The van der Waals surface area contributed by atoms with Crippen molar-refractivity contribution in [2.24, 2.45) is 5.41 Å². The Labute approximate surface area is 124 Å². The summed E-state index contributed by atoms with van der Waals surface area (Å²) < 4.78 is 11.5. The third-order valence-corrected chi connectivity index (χ3v) is 5.34. The lowest BCUT2D eigenvalue weighted by atomic mass is 9.66. The first-order valence-electron chi connectivity index (χ1n) is 8.08. The highest BCUT2D eigenvalue weighted by molar-refractivity contribution is 5.42. The van der Waals surface area contributed by atoms with Crippen molar-refractivity contribution in [3.8, 4) is 0 Å². The molecule has 0 bridgehead atoms. The molecule has 0 aromatic carbocycles. The molecule has 0 saturated carbocycles. The van der Waals surface area contributed by atoms with Gasteiger partial charge in [0, 0.05) is 6.42 Å². The van der Waals surface area contributed by atoms with E-state index < -0.39 is 0 Å². The van der Waals surface area contributed by atoms with Gasteiger partial charge in [-0.2, -0.15) is 0 Å². The zero-order chi connectivity index (χ0) is 14.8. The first-order chi connectivity index (χ1) is 9.44. The molecule has 114 valence electrons. The van der Waals surface area contributed by atoms with Gasteiger partial charge in [-0.3, -0.25) is 0 Å². The minimum Gasteiger partial charge on any atom is -0.348 e. The molecule has 0 radical (unpaired) electrons. The summed E-state index contributed by atoms with van der Waals surface area (Å²) in [5.74, 6) is -0.369. The summed E-state index contributed by atoms with van der Waals surface area (Å²) in [6.07, 6.45) is 8.08. The Morgan fingerprint density at radius 1 is 1.20 bits per heavy atom. The second-order valence-corrected chi connectivity index (χ2v) is 6.71. The molecule has 20 heavy (non-hydrogen) atoms. The van der Waals surface area contributed by atoms with Crippen LogP contribution in [0.1, 0.15) is 66.7 Å². The Bertz CT molecular complexity index is 413. The Kier molecular flexibility index (Phi) is 4.76. The molecule has 2 aliphatic rings. The fraction of sp³-hybridized carbons (Fsp3) is 0.778. The minimum atomic E-state index is -0.369. The highest BCUT2D eigenvalue weighted by Crippen LogP contribution is 2.47. The standard InChI is InChI=1S/C18H30O2/c1-6-16-15(9-11-18(5)19-12-13-20-18)14(3)8-10-17(16,4)7-2/h6H,7-13H2,1-5H3. The highest BCUT2D eigenvalue weighted by Gasteiger charge is 2.35. The third kappa shape index (κ3) is 3.01. The maximum Gasteiger partial charge on any atom is 0.166 e. The summed E-state index contributed by atoms with van der Waals surface area (Å²) in [7, 11) is 0. The molecule has 0 aromatic rings. The van der Waals surface area contributed by atoms with E-state index in [4.69, 9.17) is 9.47 Å². The van der Waals surface area contributed by atoms with Crippen molar-refractivity contribution in [1.82, 2.24) is 0 Å².